The first-order chi connectivity index (χ1) is 12.0. The van der Waals surface area contributed by atoms with Gasteiger partial charge in [-0.25, -0.2) is 8.42 Å². The maximum atomic E-state index is 12.5. The number of aromatic nitrogens is 2. The molecular formula is C16H18F3N3O3S. The molecule has 0 unspecified atom stereocenters. The summed E-state index contributed by atoms with van der Waals surface area (Å²) in [5.74, 6) is -1.61. The van der Waals surface area contributed by atoms with Gasteiger partial charge < -0.3 is 4.52 Å². The number of allylic oxidation sites excluding steroid dienone is 1. The third-order valence-electron chi connectivity index (χ3n) is 3.43. The SMILES string of the molecule is C/C=C/S(=O)(=O)N(Cc1ccc(-c2noc(C(F)(F)F)n2)cc1)C(C)C. The number of nitrogens with zero attached hydrogens (tertiary/aromatic N) is 3. The van der Waals surface area contributed by atoms with Gasteiger partial charge in [0.2, 0.25) is 15.8 Å². The first-order valence-electron chi connectivity index (χ1n) is 7.69. The van der Waals surface area contributed by atoms with E-state index in [-0.39, 0.29) is 18.4 Å². The Morgan fingerprint density at radius 3 is 2.31 bits per heavy atom. The molecule has 0 atom stereocenters. The Kier molecular flexibility index (Phi) is 5.87. The van der Waals surface area contributed by atoms with Crippen LogP contribution in [0.4, 0.5) is 13.2 Å². The van der Waals surface area contributed by atoms with Crippen molar-refractivity contribution in [3.05, 3.63) is 47.2 Å². The van der Waals surface area contributed by atoms with Gasteiger partial charge >= 0.3 is 12.1 Å². The molecule has 6 nitrogen and oxygen atoms in total. The van der Waals surface area contributed by atoms with E-state index < -0.39 is 22.1 Å². The third-order valence-corrected chi connectivity index (χ3v) is 5.25. The highest BCUT2D eigenvalue weighted by atomic mass is 32.2. The first kappa shape index (κ1) is 20.1. The Bertz CT molecular complexity index is 872. The quantitative estimate of drug-likeness (QED) is 0.751. The zero-order valence-corrected chi connectivity index (χ0v) is 15.2. The predicted octanol–water partition coefficient (Wildman–Crippen LogP) is 3.83. The van der Waals surface area contributed by atoms with Crippen LogP contribution >= 0.6 is 0 Å². The van der Waals surface area contributed by atoms with Gasteiger partial charge in [-0.05, 0) is 26.3 Å². The summed E-state index contributed by atoms with van der Waals surface area (Å²) in [6, 6.07) is 5.99. The molecule has 0 N–H and O–H groups in total. The molecule has 1 aromatic heterocycles. The molecule has 0 aliphatic rings. The van der Waals surface area contributed by atoms with Gasteiger partial charge in [0.15, 0.2) is 0 Å². The molecule has 1 aromatic carbocycles. The van der Waals surface area contributed by atoms with Crippen molar-refractivity contribution >= 4 is 10.0 Å². The third kappa shape index (κ3) is 4.70. The molecule has 10 heteroatoms. The van der Waals surface area contributed by atoms with Crippen LogP contribution in [-0.4, -0.2) is 28.9 Å². The summed E-state index contributed by atoms with van der Waals surface area (Å²) in [5, 5.41) is 4.44. The number of sulfonamides is 1. The van der Waals surface area contributed by atoms with E-state index in [0.29, 0.717) is 11.1 Å². The maximum Gasteiger partial charge on any atom is 0.471 e. The Morgan fingerprint density at radius 1 is 1.23 bits per heavy atom. The fourth-order valence-electron chi connectivity index (χ4n) is 2.21. The van der Waals surface area contributed by atoms with Gasteiger partial charge in [-0.1, -0.05) is 35.5 Å². The molecule has 0 bridgehead atoms. The lowest BCUT2D eigenvalue weighted by molar-refractivity contribution is -0.159. The lowest BCUT2D eigenvalue weighted by atomic mass is 10.1. The molecule has 2 aromatic rings. The minimum absolute atomic E-state index is 0.130. The highest BCUT2D eigenvalue weighted by molar-refractivity contribution is 7.92. The fraction of sp³-hybridized carbons (Fsp3) is 0.375. The van der Waals surface area contributed by atoms with Crippen LogP contribution in [0, 0.1) is 0 Å². The van der Waals surface area contributed by atoms with Gasteiger partial charge in [-0.2, -0.15) is 22.5 Å². The first-order valence-corrected chi connectivity index (χ1v) is 9.19. The van der Waals surface area contributed by atoms with E-state index in [4.69, 9.17) is 0 Å². The summed E-state index contributed by atoms with van der Waals surface area (Å²) in [6.45, 7) is 5.26. The summed E-state index contributed by atoms with van der Waals surface area (Å²) in [5.41, 5.74) is 1.01. The van der Waals surface area contributed by atoms with Crippen LogP contribution in [-0.2, 0) is 22.7 Å². The predicted molar refractivity (Wildman–Crippen MR) is 89.1 cm³/mol. The van der Waals surface area contributed by atoms with Gasteiger partial charge in [-0.15, -0.1) is 0 Å². The maximum absolute atomic E-state index is 12.5. The fourth-order valence-corrected chi connectivity index (χ4v) is 3.63. The summed E-state index contributed by atoms with van der Waals surface area (Å²) in [6.07, 6.45) is -3.26. The van der Waals surface area contributed by atoms with E-state index >= 15 is 0 Å². The second-order valence-corrected chi connectivity index (χ2v) is 7.54. The van der Waals surface area contributed by atoms with Crippen LogP contribution in [0.2, 0.25) is 0 Å². The van der Waals surface area contributed by atoms with E-state index in [1.54, 1.807) is 32.9 Å². The smallest absolute Gasteiger partial charge is 0.329 e. The minimum atomic E-state index is -4.70. The van der Waals surface area contributed by atoms with Gasteiger partial charge in [0.05, 0.1) is 0 Å². The lowest BCUT2D eigenvalue weighted by Gasteiger charge is -2.24. The normalized spacial score (nSPS) is 13.2. The molecule has 142 valence electrons. The van der Waals surface area contributed by atoms with Crippen LogP contribution in [0.3, 0.4) is 0 Å². The number of alkyl halides is 3. The summed E-state index contributed by atoms with van der Waals surface area (Å²) < 4.78 is 67.6. The average Bonchev–Trinajstić information content (AvgIpc) is 3.03. The van der Waals surface area contributed by atoms with Gasteiger partial charge in [0.25, 0.3) is 0 Å². The zero-order valence-electron chi connectivity index (χ0n) is 14.4. The van der Waals surface area contributed by atoms with Crippen molar-refractivity contribution in [3.8, 4) is 11.4 Å². The molecule has 0 saturated carbocycles. The molecule has 26 heavy (non-hydrogen) atoms. The van der Waals surface area contributed by atoms with Crippen molar-refractivity contribution < 1.29 is 26.1 Å². The van der Waals surface area contributed by atoms with Crippen LogP contribution in [0.5, 0.6) is 0 Å². The molecule has 0 fully saturated rings. The van der Waals surface area contributed by atoms with Crippen LogP contribution < -0.4 is 0 Å². The molecule has 0 aliphatic heterocycles. The number of hydrogen-bond acceptors (Lipinski definition) is 5. The molecular weight excluding hydrogens is 371 g/mol. The van der Waals surface area contributed by atoms with Gasteiger partial charge in [-0.3, -0.25) is 0 Å². The van der Waals surface area contributed by atoms with Crippen molar-refractivity contribution in [2.45, 2.75) is 39.5 Å². The van der Waals surface area contributed by atoms with Crippen molar-refractivity contribution in [1.82, 2.24) is 14.4 Å². The van der Waals surface area contributed by atoms with E-state index in [1.165, 1.54) is 22.5 Å². The molecule has 2 rings (SSSR count). The average molecular weight is 389 g/mol. The zero-order chi connectivity index (χ0) is 19.5. The summed E-state index contributed by atoms with van der Waals surface area (Å²) in [7, 11) is -3.56. The van der Waals surface area contributed by atoms with E-state index in [9.17, 15) is 21.6 Å². The topological polar surface area (TPSA) is 76.3 Å². The Morgan fingerprint density at radius 2 is 1.85 bits per heavy atom. The van der Waals surface area contributed by atoms with E-state index in [1.807, 2.05) is 0 Å². The number of hydrogen-bond donors (Lipinski definition) is 0. The van der Waals surface area contributed by atoms with Gasteiger partial charge in [0.1, 0.15) is 0 Å². The largest absolute Gasteiger partial charge is 0.471 e. The van der Waals surface area contributed by atoms with Crippen LogP contribution in [0.25, 0.3) is 11.4 Å². The van der Waals surface area contributed by atoms with Crippen LogP contribution in [0.15, 0.2) is 40.3 Å². The number of halogens is 3. The Balaban J connectivity index is 2.22. The molecule has 0 amide bonds. The summed E-state index contributed by atoms with van der Waals surface area (Å²) >= 11 is 0. The molecule has 0 aliphatic carbocycles. The minimum Gasteiger partial charge on any atom is -0.329 e. The van der Waals surface area contributed by atoms with Crippen molar-refractivity contribution in [3.63, 3.8) is 0 Å². The number of benzene rings is 1. The highest BCUT2D eigenvalue weighted by Crippen LogP contribution is 2.29. The monoisotopic (exact) mass is 389 g/mol. The Labute approximate surface area is 149 Å². The van der Waals surface area contributed by atoms with Crippen molar-refractivity contribution in [2.24, 2.45) is 0 Å². The molecule has 0 spiro atoms. The molecule has 0 saturated heterocycles. The lowest BCUT2D eigenvalue weighted by Crippen LogP contribution is -2.35. The molecule has 1 heterocycles. The van der Waals surface area contributed by atoms with Gasteiger partial charge in [0, 0.05) is 23.6 Å². The standard InChI is InChI=1S/C16H18F3N3O3S/c1-4-9-26(23,24)22(11(2)3)10-12-5-7-13(8-6-12)14-20-15(25-21-14)16(17,18)19/h4-9,11H,10H2,1-3H3/b9-4+. The Hall–Kier alpha value is -2.20. The molecule has 0 radical (unpaired) electrons. The number of rotatable bonds is 6. The van der Waals surface area contributed by atoms with Crippen molar-refractivity contribution in [1.29, 1.82) is 0 Å². The highest BCUT2D eigenvalue weighted by Gasteiger charge is 2.38. The second kappa shape index (κ2) is 7.58. The van der Waals surface area contributed by atoms with E-state index in [2.05, 4.69) is 14.7 Å². The second-order valence-electron chi connectivity index (χ2n) is 5.77. The summed E-state index contributed by atoms with van der Waals surface area (Å²) in [4.78, 5) is 3.32. The van der Waals surface area contributed by atoms with E-state index in [0.717, 1.165) is 5.41 Å². The van der Waals surface area contributed by atoms with Crippen molar-refractivity contribution in [2.75, 3.05) is 0 Å². The van der Waals surface area contributed by atoms with Crippen LogP contribution in [0.1, 0.15) is 32.2 Å².